The first kappa shape index (κ1) is 14.1. The smallest absolute Gasteiger partial charge is 0.191 e. The van der Waals surface area contributed by atoms with Crippen LogP contribution in [0, 0.1) is 0 Å². The largest absolute Gasteiger partial charge is 0.489 e. The van der Waals surface area contributed by atoms with Crippen LogP contribution >= 0.6 is 0 Å². The second kappa shape index (κ2) is 8.17. The Morgan fingerprint density at radius 1 is 1.39 bits per heavy atom. The van der Waals surface area contributed by atoms with E-state index in [2.05, 4.69) is 22.2 Å². The van der Waals surface area contributed by atoms with Crippen molar-refractivity contribution >= 4 is 5.96 Å². The highest BCUT2D eigenvalue weighted by molar-refractivity contribution is 5.79. The first-order chi connectivity index (χ1) is 8.76. The van der Waals surface area contributed by atoms with E-state index in [-0.39, 0.29) is 6.10 Å². The van der Waals surface area contributed by atoms with E-state index in [0.717, 1.165) is 11.7 Å². The summed E-state index contributed by atoms with van der Waals surface area (Å²) in [5, 5.41) is 6.29. The van der Waals surface area contributed by atoms with E-state index in [9.17, 15) is 0 Å². The lowest BCUT2D eigenvalue weighted by atomic mass is 10.3. The molecule has 1 aromatic rings. The van der Waals surface area contributed by atoms with Gasteiger partial charge in [-0.05, 0) is 19.1 Å². The molecule has 1 aromatic carbocycles. The van der Waals surface area contributed by atoms with Crippen molar-refractivity contribution in [3.63, 3.8) is 0 Å². The predicted octanol–water partition coefficient (Wildman–Crippen LogP) is 1.80. The second-order valence-corrected chi connectivity index (χ2v) is 3.86. The molecule has 1 atom stereocenters. The summed E-state index contributed by atoms with van der Waals surface area (Å²) in [4.78, 5) is 4.10. The summed E-state index contributed by atoms with van der Waals surface area (Å²) in [6, 6.07) is 9.78. The van der Waals surface area contributed by atoms with Crippen molar-refractivity contribution in [2.45, 2.75) is 13.0 Å². The monoisotopic (exact) mass is 247 g/mol. The van der Waals surface area contributed by atoms with E-state index in [1.54, 1.807) is 13.1 Å². The Labute approximate surface area is 109 Å². The molecule has 0 amide bonds. The van der Waals surface area contributed by atoms with Crippen LogP contribution in [-0.4, -0.2) is 32.2 Å². The molecule has 2 N–H and O–H groups in total. The van der Waals surface area contributed by atoms with Gasteiger partial charge in [-0.25, -0.2) is 0 Å². The topological polar surface area (TPSA) is 45.7 Å². The summed E-state index contributed by atoms with van der Waals surface area (Å²) in [6.45, 7) is 7.04. The first-order valence-electron chi connectivity index (χ1n) is 6.03. The minimum Gasteiger partial charge on any atom is -0.489 e. The number of ether oxygens (including phenoxy) is 1. The van der Waals surface area contributed by atoms with E-state index in [0.29, 0.717) is 13.1 Å². The molecule has 4 heteroatoms. The fourth-order valence-electron chi connectivity index (χ4n) is 1.40. The molecule has 0 saturated heterocycles. The van der Waals surface area contributed by atoms with Crippen molar-refractivity contribution in [1.29, 1.82) is 0 Å². The van der Waals surface area contributed by atoms with Crippen molar-refractivity contribution < 1.29 is 4.74 Å². The van der Waals surface area contributed by atoms with Gasteiger partial charge in [-0.1, -0.05) is 24.3 Å². The summed E-state index contributed by atoms with van der Waals surface area (Å²) < 4.78 is 5.75. The highest BCUT2D eigenvalue weighted by atomic mass is 16.5. The molecule has 0 fully saturated rings. The van der Waals surface area contributed by atoms with Crippen LogP contribution < -0.4 is 15.4 Å². The van der Waals surface area contributed by atoms with Crippen molar-refractivity contribution in [1.82, 2.24) is 10.6 Å². The Hall–Kier alpha value is -1.97. The fraction of sp³-hybridized carbons (Fsp3) is 0.357. The van der Waals surface area contributed by atoms with Crippen LogP contribution in [0.15, 0.2) is 48.0 Å². The highest BCUT2D eigenvalue weighted by Gasteiger charge is 2.04. The minimum atomic E-state index is 0.0645. The molecule has 0 saturated carbocycles. The van der Waals surface area contributed by atoms with Crippen LogP contribution in [0.25, 0.3) is 0 Å². The number of nitrogens with zero attached hydrogens (tertiary/aromatic N) is 1. The fourth-order valence-corrected chi connectivity index (χ4v) is 1.40. The van der Waals surface area contributed by atoms with Gasteiger partial charge in [-0.2, -0.15) is 0 Å². The molecule has 98 valence electrons. The molecular weight excluding hydrogens is 226 g/mol. The molecule has 0 radical (unpaired) electrons. The number of hydrogen-bond acceptors (Lipinski definition) is 2. The van der Waals surface area contributed by atoms with E-state index in [4.69, 9.17) is 4.74 Å². The van der Waals surface area contributed by atoms with E-state index in [1.165, 1.54) is 0 Å². The Balaban J connectivity index is 2.32. The van der Waals surface area contributed by atoms with E-state index < -0.39 is 0 Å². The van der Waals surface area contributed by atoms with Gasteiger partial charge in [0, 0.05) is 13.6 Å². The van der Waals surface area contributed by atoms with Crippen LogP contribution in [0.2, 0.25) is 0 Å². The van der Waals surface area contributed by atoms with Crippen LogP contribution in [0.5, 0.6) is 5.75 Å². The molecule has 0 spiro atoms. The first-order valence-corrected chi connectivity index (χ1v) is 6.03. The third-order valence-electron chi connectivity index (χ3n) is 2.27. The van der Waals surface area contributed by atoms with Gasteiger partial charge >= 0.3 is 0 Å². The maximum absolute atomic E-state index is 5.75. The Morgan fingerprint density at radius 2 is 2.11 bits per heavy atom. The average Bonchev–Trinajstić information content (AvgIpc) is 2.40. The van der Waals surface area contributed by atoms with E-state index in [1.807, 2.05) is 37.3 Å². The molecule has 1 unspecified atom stereocenters. The van der Waals surface area contributed by atoms with Crippen LogP contribution in [0.3, 0.4) is 0 Å². The number of aliphatic imine (C=N–C) groups is 1. The number of rotatable bonds is 6. The van der Waals surface area contributed by atoms with Gasteiger partial charge in [0.1, 0.15) is 11.9 Å². The number of nitrogens with one attached hydrogen (secondary N) is 2. The third-order valence-corrected chi connectivity index (χ3v) is 2.27. The number of guanidine groups is 1. The molecular formula is C14H21N3O. The average molecular weight is 247 g/mol. The molecule has 4 nitrogen and oxygen atoms in total. The zero-order valence-electron chi connectivity index (χ0n) is 11.0. The number of para-hydroxylation sites is 1. The van der Waals surface area contributed by atoms with Gasteiger partial charge < -0.3 is 15.4 Å². The van der Waals surface area contributed by atoms with Gasteiger partial charge in [0.2, 0.25) is 0 Å². The predicted molar refractivity (Wildman–Crippen MR) is 76.1 cm³/mol. The standard InChI is InChI=1S/C14H21N3O/c1-4-10-16-14(15-3)17-11-12(2)18-13-8-6-5-7-9-13/h4-9,12H,1,10-11H2,2-3H3,(H2,15,16,17). The van der Waals surface area contributed by atoms with Crippen molar-refractivity contribution in [3.05, 3.63) is 43.0 Å². The van der Waals surface area contributed by atoms with Gasteiger partial charge in [-0.15, -0.1) is 6.58 Å². The minimum absolute atomic E-state index is 0.0645. The Bertz CT molecular complexity index is 376. The van der Waals surface area contributed by atoms with Crippen LogP contribution in [-0.2, 0) is 0 Å². The van der Waals surface area contributed by atoms with Gasteiger partial charge in [0.15, 0.2) is 5.96 Å². The summed E-state index contributed by atoms with van der Waals surface area (Å²) in [6.07, 6.45) is 1.85. The Kier molecular flexibility index (Phi) is 6.40. The third kappa shape index (κ3) is 5.39. The highest BCUT2D eigenvalue weighted by Crippen LogP contribution is 2.10. The summed E-state index contributed by atoms with van der Waals surface area (Å²) >= 11 is 0. The molecule has 0 aliphatic carbocycles. The maximum Gasteiger partial charge on any atom is 0.191 e. The molecule has 1 rings (SSSR count). The summed E-state index contributed by atoms with van der Waals surface area (Å²) in [5.74, 6) is 1.62. The molecule has 0 bridgehead atoms. The quantitative estimate of drug-likeness (QED) is 0.458. The van der Waals surface area contributed by atoms with Crippen molar-refractivity contribution in [2.24, 2.45) is 4.99 Å². The van der Waals surface area contributed by atoms with Gasteiger partial charge in [-0.3, -0.25) is 4.99 Å². The lowest BCUT2D eigenvalue weighted by molar-refractivity contribution is 0.224. The lowest BCUT2D eigenvalue weighted by Crippen LogP contribution is -2.41. The molecule has 0 heterocycles. The Morgan fingerprint density at radius 3 is 2.72 bits per heavy atom. The molecule has 0 aliphatic heterocycles. The molecule has 0 aromatic heterocycles. The number of hydrogen-bond donors (Lipinski definition) is 2. The zero-order valence-corrected chi connectivity index (χ0v) is 11.0. The molecule has 0 aliphatic rings. The van der Waals surface area contributed by atoms with E-state index >= 15 is 0 Å². The van der Waals surface area contributed by atoms with Gasteiger partial charge in [0.25, 0.3) is 0 Å². The normalized spacial score (nSPS) is 12.7. The van der Waals surface area contributed by atoms with Gasteiger partial charge in [0.05, 0.1) is 6.54 Å². The van der Waals surface area contributed by atoms with Crippen LogP contribution in [0.1, 0.15) is 6.92 Å². The maximum atomic E-state index is 5.75. The zero-order chi connectivity index (χ0) is 13.2. The SMILES string of the molecule is C=CCNC(=NC)NCC(C)Oc1ccccc1. The number of benzene rings is 1. The lowest BCUT2D eigenvalue weighted by Gasteiger charge is -2.17. The van der Waals surface area contributed by atoms with Crippen LogP contribution in [0.4, 0.5) is 0 Å². The molecule has 18 heavy (non-hydrogen) atoms. The summed E-state index contributed by atoms with van der Waals surface area (Å²) in [7, 11) is 1.74. The second-order valence-electron chi connectivity index (χ2n) is 3.86. The van der Waals surface area contributed by atoms with Crippen molar-refractivity contribution in [2.75, 3.05) is 20.1 Å². The van der Waals surface area contributed by atoms with Crippen molar-refractivity contribution in [3.8, 4) is 5.75 Å². The summed E-state index contributed by atoms with van der Waals surface area (Å²) in [5.41, 5.74) is 0.